The number of nitrogens with two attached hydrogens (primary N) is 1. The third-order valence-electron chi connectivity index (χ3n) is 15.3. The van der Waals surface area contributed by atoms with Crippen LogP contribution < -0.4 is 43.1 Å². The standard InChI is InChI=1S/C61H91N11O13S/c1-11-38(6)53(69-57(80)47-22-15-16-30-71(47)9)60(82)72(10)48(36(2)3)33-49(85-40(8)73)59-67-46(35-86-59)56(79)65-44(32-41-19-13-12-14-20-41)31-39(7)54(77)70-84-34-42-25-27-43(28-26-42)64-55(78)45(21-18-29-63-61(62)83)66-58(81)52(37(4)5)68-50(74)23-17-24-51(75)76/h12-14,19-20,25-28,35-39,44-45,47-49,52-53H,11,15-18,21-24,29-34H2,1-10H3,(H,64,78)(H,65,79)(H,66,81)(H,68,74)(H,69,80)(H,70,77)(H,75,76)(H3,62,63,83). The van der Waals surface area contributed by atoms with Crippen LogP contribution in [-0.2, 0) is 61.0 Å². The first kappa shape index (κ1) is 71.0. The maximum atomic E-state index is 14.4. The number of benzene rings is 2. The smallest absolute Gasteiger partial charge is 0.312 e. The molecule has 3 aromatic rings. The van der Waals surface area contributed by atoms with E-state index < -0.39 is 89.7 Å². The maximum Gasteiger partial charge on any atom is 0.312 e. The predicted octanol–water partition coefficient (Wildman–Crippen LogP) is 5.52. The SMILES string of the molecule is CCC(C)C(NC(=O)C1CCCCN1C)C(=O)N(C)C(CC(OC(C)=O)c1nc(C(=O)NC(Cc2ccccc2)CC(C)C(=O)NOCc2ccc(NC(=O)C(CCCNC(N)=O)NC(=O)C(NC(=O)CCCC(=O)O)C(C)C)cc2)cs1)C(C)C. The summed E-state index contributed by atoms with van der Waals surface area (Å²) in [5.74, 6) is -6.02. The van der Waals surface area contributed by atoms with Gasteiger partial charge in [0.25, 0.3) is 5.91 Å². The molecule has 474 valence electrons. The van der Waals surface area contributed by atoms with E-state index in [4.69, 9.17) is 20.4 Å². The van der Waals surface area contributed by atoms with E-state index in [0.717, 1.165) is 36.3 Å². The summed E-state index contributed by atoms with van der Waals surface area (Å²) < 4.78 is 5.86. The lowest BCUT2D eigenvalue weighted by molar-refractivity contribution is -0.149. The van der Waals surface area contributed by atoms with Gasteiger partial charge in [-0.1, -0.05) is 104 Å². The molecule has 0 saturated carbocycles. The molecule has 4 rings (SSSR count). The van der Waals surface area contributed by atoms with Crippen LogP contribution in [0.3, 0.4) is 0 Å². The van der Waals surface area contributed by atoms with Gasteiger partial charge in [0.2, 0.25) is 35.4 Å². The Labute approximate surface area is 508 Å². The Morgan fingerprint density at radius 1 is 0.814 bits per heavy atom. The third-order valence-corrected chi connectivity index (χ3v) is 16.2. The number of carbonyl (C=O) groups excluding carboxylic acids is 9. The lowest BCUT2D eigenvalue weighted by Gasteiger charge is -2.38. The number of urea groups is 1. The van der Waals surface area contributed by atoms with Crippen molar-refractivity contribution in [3.63, 3.8) is 0 Å². The molecule has 1 aliphatic rings. The number of carboxylic acids is 1. The van der Waals surface area contributed by atoms with E-state index in [2.05, 4.69) is 42.4 Å². The second-order valence-electron chi connectivity index (χ2n) is 23.0. The number of aromatic nitrogens is 1. The van der Waals surface area contributed by atoms with E-state index in [-0.39, 0.29) is 99.4 Å². The van der Waals surface area contributed by atoms with Gasteiger partial charge in [-0.05, 0) is 99.6 Å². The fraction of sp³-hybridized carbons (Fsp3) is 0.590. The maximum absolute atomic E-state index is 14.4. The number of carbonyl (C=O) groups is 10. The van der Waals surface area contributed by atoms with Gasteiger partial charge >= 0.3 is 18.0 Å². The van der Waals surface area contributed by atoms with E-state index in [1.807, 2.05) is 70.0 Å². The van der Waals surface area contributed by atoms with Crippen LogP contribution in [0.25, 0.3) is 0 Å². The van der Waals surface area contributed by atoms with E-state index in [1.165, 1.54) is 6.92 Å². The van der Waals surface area contributed by atoms with E-state index >= 15 is 0 Å². The van der Waals surface area contributed by atoms with Gasteiger partial charge in [-0.25, -0.2) is 15.3 Å². The Morgan fingerprint density at radius 3 is 2.13 bits per heavy atom. The monoisotopic (exact) mass is 1220 g/mol. The Hall–Kier alpha value is -7.51. The summed E-state index contributed by atoms with van der Waals surface area (Å²) in [6, 6.07) is 11.0. The fourth-order valence-electron chi connectivity index (χ4n) is 10.1. The molecule has 86 heavy (non-hydrogen) atoms. The zero-order chi connectivity index (χ0) is 63.6. The van der Waals surface area contributed by atoms with Crippen LogP contribution >= 0.6 is 11.3 Å². The van der Waals surface area contributed by atoms with Gasteiger partial charge in [0.1, 0.15) is 28.8 Å². The first-order valence-electron chi connectivity index (χ1n) is 29.7. The molecular formula is C61H91N11O13S. The number of aliphatic carboxylic acids is 1. The highest BCUT2D eigenvalue weighted by molar-refractivity contribution is 7.09. The van der Waals surface area contributed by atoms with E-state index in [0.29, 0.717) is 35.5 Å². The highest BCUT2D eigenvalue weighted by Gasteiger charge is 2.38. The van der Waals surface area contributed by atoms with Gasteiger partial charge < -0.3 is 52.4 Å². The van der Waals surface area contributed by atoms with Gasteiger partial charge in [0.15, 0.2) is 6.10 Å². The topological polar surface area (TPSA) is 339 Å². The van der Waals surface area contributed by atoms with Crippen molar-refractivity contribution >= 4 is 76.3 Å². The van der Waals surface area contributed by atoms with Crippen LogP contribution in [0.1, 0.15) is 159 Å². The average Bonchev–Trinajstić information content (AvgIpc) is 2.47. The Kier molecular flexibility index (Phi) is 29.6. The molecule has 0 aliphatic carbocycles. The Balaban J connectivity index is 1.39. The number of ether oxygens (including phenoxy) is 1. The highest BCUT2D eigenvalue weighted by atomic mass is 32.1. The first-order valence-corrected chi connectivity index (χ1v) is 30.6. The second-order valence-corrected chi connectivity index (χ2v) is 23.9. The number of nitrogens with zero attached hydrogens (tertiary/aromatic N) is 3. The Morgan fingerprint density at radius 2 is 1.51 bits per heavy atom. The minimum Gasteiger partial charge on any atom is -0.481 e. The molecule has 0 spiro atoms. The summed E-state index contributed by atoms with van der Waals surface area (Å²) in [7, 11) is 3.63. The summed E-state index contributed by atoms with van der Waals surface area (Å²) in [5.41, 5.74) is 9.69. The predicted molar refractivity (Wildman–Crippen MR) is 324 cm³/mol. The number of nitrogens with one attached hydrogen (secondary N) is 7. The van der Waals surface area contributed by atoms with Crippen molar-refractivity contribution in [3.8, 4) is 0 Å². The first-order chi connectivity index (χ1) is 40.8. The zero-order valence-corrected chi connectivity index (χ0v) is 52.2. The van der Waals surface area contributed by atoms with E-state index in [9.17, 15) is 47.9 Å². The Bertz CT molecular complexity index is 2730. The molecule has 9 atom stereocenters. The molecule has 2 aromatic carbocycles. The number of thiazole rings is 1. The highest BCUT2D eigenvalue weighted by Crippen LogP contribution is 2.31. The number of likely N-dealkylation sites (N-methyl/N-ethyl adjacent to an activating group) is 2. The summed E-state index contributed by atoms with van der Waals surface area (Å²) in [5, 5.41) is 27.6. The van der Waals surface area contributed by atoms with Crippen LogP contribution in [0, 0.1) is 23.7 Å². The molecule has 24 nitrogen and oxygen atoms in total. The van der Waals surface area contributed by atoms with Gasteiger partial charge in [-0.2, -0.15) is 0 Å². The van der Waals surface area contributed by atoms with Crippen LogP contribution in [0.5, 0.6) is 0 Å². The molecule has 10 N–H and O–H groups in total. The molecule has 9 unspecified atom stereocenters. The van der Waals surface area contributed by atoms with Gasteiger partial charge in [0, 0.05) is 68.8 Å². The van der Waals surface area contributed by atoms with Crippen molar-refractivity contribution in [3.05, 3.63) is 81.8 Å². The number of hydroxylamine groups is 1. The molecule has 1 fully saturated rings. The average molecular weight is 1220 g/mol. The summed E-state index contributed by atoms with van der Waals surface area (Å²) >= 11 is 1.15. The van der Waals surface area contributed by atoms with E-state index in [1.54, 1.807) is 62.4 Å². The number of anilines is 1. The molecule has 9 amide bonds. The van der Waals surface area contributed by atoms with Gasteiger partial charge in [-0.3, -0.25) is 52.9 Å². The molecule has 1 aliphatic heterocycles. The van der Waals surface area contributed by atoms with Crippen molar-refractivity contribution in [1.29, 1.82) is 0 Å². The molecule has 1 aromatic heterocycles. The van der Waals surface area contributed by atoms with Crippen molar-refractivity contribution in [2.45, 2.75) is 181 Å². The van der Waals surface area contributed by atoms with Crippen molar-refractivity contribution in [1.82, 2.24) is 46.8 Å². The van der Waals surface area contributed by atoms with Crippen LogP contribution in [0.15, 0.2) is 60.0 Å². The summed E-state index contributed by atoms with van der Waals surface area (Å²) in [4.78, 5) is 144. The number of likely N-dealkylation sites (tertiary alicyclic amines) is 1. The third kappa shape index (κ3) is 23.7. The minimum absolute atomic E-state index is 0.0543. The molecule has 0 bridgehead atoms. The van der Waals surface area contributed by atoms with Gasteiger partial charge in [0.05, 0.1) is 12.6 Å². The molecular weight excluding hydrogens is 1130 g/mol. The minimum atomic E-state index is -1.10. The summed E-state index contributed by atoms with van der Waals surface area (Å²) in [6.07, 6.45) is 3.29. The molecule has 25 heteroatoms. The van der Waals surface area contributed by atoms with Crippen LogP contribution in [-0.4, -0.2) is 143 Å². The van der Waals surface area contributed by atoms with Crippen LogP contribution in [0.4, 0.5) is 10.5 Å². The largest absolute Gasteiger partial charge is 0.481 e. The second kappa shape index (κ2) is 35.8. The molecule has 2 heterocycles. The van der Waals surface area contributed by atoms with Gasteiger partial charge in [-0.15, -0.1) is 11.3 Å². The number of hydrogen-bond donors (Lipinski definition) is 9. The zero-order valence-electron chi connectivity index (χ0n) is 51.4. The fourth-order valence-corrected chi connectivity index (χ4v) is 10.9. The number of rotatable bonds is 35. The molecule has 1 saturated heterocycles. The number of primary amides is 1. The number of esters is 1. The number of amides is 9. The number of hydrogen-bond acceptors (Lipinski definition) is 15. The van der Waals surface area contributed by atoms with Crippen molar-refractivity contribution in [2.24, 2.45) is 29.4 Å². The number of piperidine rings is 1. The van der Waals surface area contributed by atoms with Crippen LogP contribution in [0.2, 0.25) is 0 Å². The van der Waals surface area contributed by atoms with Crippen molar-refractivity contribution in [2.75, 3.05) is 32.5 Å². The lowest BCUT2D eigenvalue weighted by atomic mass is 9.92. The number of carboxylic acid groups (broad SMARTS) is 1. The summed E-state index contributed by atoms with van der Waals surface area (Å²) in [6.45, 7) is 15.2. The lowest BCUT2D eigenvalue weighted by Crippen LogP contribution is -2.58. The quantitative estimate of drug-likeness (QED) is 0.0199. The molecule has 0 radical (unpaired) electrons. The van der Waals surface area contributed by atoms with Crippen molar-refractivity contribution < 1.29 is 62.6 Å². The normalized spacial score (nSPS) is 16.2.